The molecule has 1 saturated heterocycles. The van der Waals surface area contributed by atoms with E-state index >= 15 is 0 Å². The quantitative estimate of drug-likeness (QED) is 0.420. The third kappa shape index (κ3) is 1.56. The van der Waals surface area contributed by atoms with E-state index in [-0.39, 0.29) is 17.0 Å². The number of hydrogen-bond acceptors (Lipinski definition) is 4. The van der Waals surface area contributed by atoms with Gasteiger partial charge in [0.1, 0.15) is 17.1 Å². The molecule has 2 heterocycles. The van der Waals surface area contributed by atoms with Crippen LogP contribution in [0.1, 0.15) is 0 Å². The van der Waals surface area contributed by atoms with Crippen molar-refractivity contribution in [3.63, 3.8) is 0 Å². The van der Waals surface area contributed by atoms with Crippen LogP contribution < -0.4 is 5.73 Å². The number of nitrogens with zero attached hydrogens (tertiary/aromatic N) is 1. The van der Waals surface area contributed by atoms with E-state index in [0.717, 1.165) is 5.57 Å². The second-order valence-electron chi connectivity index (χ2n) is 3.33. The standard InChI is InChI=1S/C8H9IN2O3S/c9-1-3-2-15-7-4(10)6(12)11(7)5(3)8(13)14/h4,7H,1-2,10H2,(H,13,14)/t4?,7-/m0/s1. The maximum atomic E-state index is 11.5. The Balaban J connectivity index is 2.38. The molecule has 1 amide bonds. The van der Waals surface area contributed by atoms with Gasteiger partial charge in [-0.25, -0.2) is 4.79 Å². The Hall–Kier alpha value is -0.280. The highest BCUT2D eigenvalue weighted by Gasteiger charge is 2.51. The van der Waals surface area contributed by atoms with Gasteiger partial charge in [0.2, 0.25) is 5.91 Å². The van der Waals surface area contributed by atoms with Crippen LogP contribution in [0.3, 0.4) is 0 Å². The average molecular weight is 340 g/mol. The number of hydrogen-bond donors (Lipinski definition) is 2. The molecule has 2 atom stereocenters. The van der Waals surface area contributed by atoms with Gasteiger partial charge in [-0.1, -0.05) is 22.6 Å². The van der Waals surface area contributed by atoms with E-state index in [9.17, 15) is 9.59 Å². The summed E-state index contributed by atoms with van der Waals surface area (Å²) in [6.07, 6.45) is 0. The number of carbonyl (C=O) groups is 2. The van der Waals surface area contributed by atoms with E-state index in [1.807, 2.05) is 0 Å². The van der Waals surface area contributed by atoms with Crippen LogP contribution in [0.2, 0.25) is 0 Å². The van der Waals surface area contributed by atoms with E-state index in [0.29, 0.717) is 10.2 Å². The van der Waals surface area contributed by atoms with E-state index in [4.69, 9.17) is 10.8 Å². The molecule has 0 aromatic rings. The van der Waals surface area contributed by atoms with Crippen molar-refractivity contribution in [1.29, 1.82) is 0 Å². The van der Waals surface area contributed by atoms with Crippen LogP contribution in [-0.2, 0) is 9.59 Å². The fourth-order valence-corrected chi connectivity index (χ4v) is 3.97. The Morgan fingerprint density at radius 3 is 2.93 bits per heavy atom. The molecule has 0 aliphatic carbocycles. The number of aliphatic carboxylic acids is 1. The highest BCUT2D eigenvalue weighted by molar-refractivity contribution is 14.1. The molecule has 3 N–H and O–H groups in total. The number of β-lactam (4-membered cyclic amide) rings is 1. The highest BCUT2D eigenvalue weighted by atomic mass is 127. The fourth-order valence-electron chi connectivity index (χ4n) is 1.68. The molecule has 1 unspecified atom stereocenters. The molecule has 0 aromatic heterocycles. The minimum Gasteiger partial charge on any atom is -0.477 e. The van der Waals surface area contributed by atoms with Crippen molar-refractivity contribution in [2.24, 2.45) is 5.73 Å². The Morgan fingerprint density at radius 1 is 1.73 bits per heavy atom. The molecular formula is C8H9IN2O3S. The SMILES string of the molecule is NC1C(=O)N2C(C(=O)O)=C(CI)CS[C@@H]12. The average Bonchev–Trinajstić information content (AvgIpc) is 2.25. The lowest BCUT2D eigenvalue weighted by atomic mass is 10.0. The van der Waals surface area contributed by atoms with Crippen LogP contribution in [0.4, 0.5) is 0 Å². The summed E-state index contributed by atoms with van der Waals surface area (Å²) >= 11 is 3.64. The van der Waals surface area contributed by atoms with Gasteiger partial charge in [0.15, 0.2) is 0 Å². The summed E-state index contributed by atoms with van der Waals surface area (Å²) < 4.78 is 0.623. The summed E-state index contributed by atoms with van der Waals surface area (Å²) in [5.74, 6) is -0.675. The van der Waals surface area contributed by atoms with Gasteiger partial charge >= 0.3 is 5.97 Å². The molecule has 0 spiro atoms. The summed E-state index contributed by atoms with van der Waals surface area (Å²) in [7, 11) is 0. The van der Waals surface area contributed by atoms with Crippen molar-refractivity contribution in [3.8, 4) is 0 Å². The van der Waals surface area contributed by atoms with Crippen LogP contribution in [0.15, 0.2) is 11.3 Å². The Labute approximate surface area is 104 Å². The lowest BCUT2D eigenvalue weighted by Gasteiger charge is -2.47. The van der Waals surface area contributed by atoms with Crippen LogP contribution >= 0.6 is 34.4 Å². The third-order valence-electron chi connectivity index (χ3n) is 2.45. The molecular weight excluding hydrogens is 331 g/mol. The summed E-state index contributed by atoms with van der Waals surface area (Å²) in [5, 5.41) is 8.88. The number of thioether (sulfide) groups is 1. The molecule has 2 aliphatic rings. The van der Waals surface area contributed by atoms with Crippen molar-refractivity contribution in [2.75, 3.05) is 10.2 Å². The number of fused-ring (bicyclic) bond motifs is 1. The number of nitrogens with two attached hydrogens (primary N) is 1. The largest absolute Gasteiger partial charge is 0.477 e. The summed E-state index contributed by atoms with van der Waals surface area (Å²) in [5.41, 5.74) is 6.53. The van der Waals surface area contributed by atoms with Gasteiger partial charge in [-0.2, -0.15) is 0 Å². The van der Waals surface area contributed by atoms with E-state index in [1.165, 1.54) is 16.7 Å². The molecule has 0 radical (unpaired) electrons. The van der Waals surface area contributed by atoms with Gasteiger partial charge in [-0.3, -0.25) is 9.69 Å². The Kier molecular flexibility index (Phi) is 2.95. The number of amides is 1. The topological polar surface area (TPSA) is 83.6 Å². The number of carboxylic acid groups (broad SMARTS) is 1. The van der Waals surface area contributed by atoms with Crippen LogP contribution in [0, 0.1) is 0 Å². The Bertz CT molecular complexity index is 371. The summed E-state index contributed by atoms with van der Waals surface area (Å²) in [4.78, 5) is 23.8. The number of carboxylic acids is 1. The summed E-state index contributed by atoms with van der Waals surface area (Å²) in [6.45, 7) is 0. The first-order valence-electron chi connectivity index (χ1n) is 4.29. The molecule has 5 nitrogen and oxygen atoms in total. The minimum absolute atomic E-state index is 0.139. The van der Waals surface area contributed by atoms with Crippen LogP contribution in [-0.4, -0.2) is 43.5 Å². The van der Waals surface area contributed by atoms with E-state index in [2.05, 4.69) is 22.6 Å². The molecule has 2 rings (SSSR count). The highest BCUT2D eigenvalue weighted by Crippen LogP contribution is 2.39. The van der Waals surface area contributed by atoms with Gasteiger partial charge in [0.25, 0.3) is 0 Å². The van der Waals surface area contributed by atoms with Crippen molar-refractivity contribution < 1.29 is 14.7 Å². The predicted octanol–water partition coefficient (Wildman–Crippen LogP) is 0.00250. The minimum atomic E-state index is -1.03. The van der Waals surface area contributed by atoms with Crippen molar-refractivity contribution in [2.45, 2.75) is 11.4 Å². The second kappa shape index (κ2) is 3.95. The molecule has 15 heavy (non-hydrogen) atoms. The third-order valence-corrected chi connectivity index (χ3v) is 4.73. The first-order chi connectivity index (χ1) is 7.07. The zero-order valence-corrected chi connectivity index (χ0v) is 10.6. The summed E-state index contributed by atoms with van der Waals surface area (Å²) in [6, 6.07) is -0.542. The second-order valence-corrected chi connectivity index (χ2v) is 5.19. The zero-order chi connectivity index (χ0) is 11.2. The molecule has 82 valence electrons. The zero-order valence-electron chi connectivity index (χ0n) is 7.64. The Morgan fingerprint density at radius 2 is 2.40 bits per heavy atom. The molecule has 2 aliphatic heterocycles. The molecule has 1 fully saturated rings. The van der Waals surface area contributed by atoms with Gasteiger partial charge < -0.3 is 10.8 Å². The fraction of sp³-hybridized carbons (Fsp3) is 0.500. The van der Waals surface area contributed by atoms with Gasteiger partial charge in [0, 0.05) is 10.2 Å². The maximum Gasteiger partial charge on any atom is 0.352 e. The lowest BCUT2D eigenvalue weighted by molar-refractivity contribution is -0.147. The number of alkyl halides is 1. The molecule has 7 heteroatoms. The maximum absolute atomic E-state index is 11.5. The normalized spacial score (nSPS) is 30.0. The van der Waals surface area contributed by atoms with Gasteiger partial charge in [0.05, 0.1) is 0 Å². The van der Waals surface area contributed by atoms with Gasteiger partial charge in [-0.05, 0) is 5.57 Å². The molecule has 0 aromatic carbocycles. The smallest absolute Gasteiger partial charge is 0.352 e. The van der Waals surface area contributed by atoms with Crippen molar-refractivity contribution in [1.82, 2.24) is 4.90 Å². The van der Waals surface area contributed by atoms with Crippen LogP contribution in [0.5, 0.6) is 0 Å². The van der Waals surface area contributed by atoms with Crippen molar-refractivity contribution in [3.05, 3.63) is 11.3 Å². The monoisotopic (exact) mass is 340 g/mol. The van der Waals surface area contributed by atoms with Crippen LogP contribution in [0.25, 0.3) is 0 Å². The van der Waals surface area contributed by atoms with E-state index < -0.39 is 12.0 Å². The first-order valence-corrected chi connectivity index (χ1v) is 6.87. The first kappa shape index (κ1) is 11.2. The van der Waals surface area contributed by atoms with Crippen molar-refractivity contribution >= 4 is 46.2 Å². The van der Waals surface area contributed by atoms with Gasteiger partial charge in [-0.15, -0.1) is 11.8 Å². The van der Waals surface area contributed by atoms with E-state index in [1.54, 1.807) is 0 Å². The molecule has 0 saturated carbocycles. The number of carbonyl (C=O) groups excluding carboxylic acids is 1. The number of halogens is 1. The molecule has 0 bridgehead atoms. The lowest BCUT2D eigenvalue weighted by Crippen LogP contribution is -2.68. The number of rotatable bonds is 2. The predicted molar refractivity (Wildman–Crippen MR) is 64.6 cm³/mol.